The predicted octanol–water partition coefficient (Wildman–Crippen LogP) is 2.88. The molecule has 7 heteroatoms. The van der Waals surface area contributed by atoms with E-state index in [-0.39, 0.29) is 18.3 Å². The summed E-state index contributed by atoms with van der Waals surface area (Å²) in [5.41, 5.74) is 8.77. The molecular formula is C20H23N5O2. The maximum absolute atomic E-state index is 5.99. The van der Waals surface area contributed by atoms with Crippen molar-refractivity contribution in [1.82, 2.24) is 20.2 Å². The monoisotopic (exact) mass is 365 g/mol. The van der Waals surface area contributed by atoms with E-state index in [9.17, 15) is 0 Å². The first-order chi connectivity index (χ1) is 13.1. The Kier molecular flexibility index (Phi) is 4.96. The number of nitrogens with two attached hydrogens (primary N) is 1. The van der Waals surface area contributed by atoms with Crippen LogP contribution in [0, 0.1) is 0 Å². The van der Waals surface area contributed by atoms with E-state index in [1.165, 1.54) is 0 Å². The van der Waals surface area contributed by atoms with Crippen molar-refractivity contribution in [3.8, 4) is 17.3 Å². The standard InChI is InChI=1S/C20H23N5O2/c1-12-7-16(8-13(2)26-12)27-20-6-5-18(24-25-20)17-4-3-14-11-22-15(10-21)9-19(14)23-17/h3-6,9,11-13,16H,7-8,10,21H2,1-2H3/t12-,13+,16?. The normalized spacial score (nSPS) is 22.7. The summed E-state index contributed by atoms with van der Waals surface area (Å²) in [7, 11) is 0. The molecule has 27 heavy (non-hydrogen) atoms. The van der Waals surface area contributed by atoms with Crippen molar-refractivity contribution in [3.05, 3.63) is 42.2 Å². The number of pyridine rings is 2. The fourth-order valence-corrected chi connectivity index (χ4v) is 3.44. The number of nitrogens with zero attached hydrogens (tertiary/aromatic N) is 4. The molecule has 0 aromatic carbocycles. The van der Waals surface area contributed by atoms with Crippen LogP contribution in [0.25, 0.3) is 22.3 Å². The zero-order valence-corrected chi connectivity index (χ0v) is 15.5. The van der Waals surface area contributed by atoms with Crippen molar-refractivity contribution >= 4 is 10.9 Å². The second-order valence-corrected chi connectivity index (χ2v) is 6.99. The van der Waals surface area contributed by atoms with Crippen LogP contribution < -0.4 is 10.5 Å². The van der Waals surface area contributed by atoms with Crippen molar-refractivity contribution in [2.24, 2.45) is 5.73 Å². The Bertz CT molecular complexity index is 921. The molecule has 3 aromatic heterocycles. The van der Waals surface area contributed by atoms with Crippen LogP contribution in [0.2, 0.25) is 0 Å². The van der Waals surface area contributed by atoms with Gasteiger partial charge in [-0.05, 0) is 38.1 Å². The van der Waals surface area contributed by atoms with Crippen LogP contribution in [0.1, 0.15) is 32.4 Å². The average Bonchev–Trinajstić information content (AvgIpc) is 2.67. The van der Waals surface area contributed by atoms with Crippen LogP contribution in [-0.2, 0) is 11.3 Å². The van der Waals surface area contributed by atoms with Gasteiger partial charge in [0.05, 0.1) is 29.1 Å². The lowest BCUT2D eigenvalue weighted by Gasteiger charge is -2.31. The Balaban J connectivity index is 1.52. The Morgan fingerprint density at radius 3 is 2.56 bits per heavy atom. The second kappa shape index (κ2) is 7.54. The van der Waals surface area contributed by atoms with Gasteiger partial charge >= 0.3 is 0 Å². The van der Waals surface area contributed by atoms with Gasteiger partial charge in [0.1, 0.15) is 11.8 Å². The fraction of sp³-hybridized carbons (Fsp3) is 0.400. The smallest absolute Gasteiger partial charge is 0.233 e. The summed E-state index contributed by atoms with van der Waals surface area (Å²) in [5.74, 6) is 0.528. The summed E-state index contributed by atoms with van der Waals surface area (Å²) in [6.45, 7) is 4.52. The van der Waals surface area contributed by atoms with Gasteiger partial charge in [0.15, 0.2) is 0 Å². The van der Waals surface area contributed by atoms with E-state index in [2.05, 4.69) is 34.0 Å². The Morgan fingerprint density at radius 1 is 1.07 bits per heavy atom. The van der Waals surface area contributed by atoms with E-state index < -0.39 is 0 Å². The molecule has 140 valence electrons. The summed E-state index contributed by atoms with van der Waals surface area (Å²) < 4.78 is 11.7. The van der Waals surface area contributed by atoms with Crippen molar-refractivity contribution in [2.75, 3.05) is 0 Å². The number of fused-ring (bicyclic) bond motifs is 1. The van der Waals surface area contributed by atoms with Gasteiger partial charge < -0.3 is 15.2 Å². The second-order valence-electron chi connectivity index (χ2n) is 6.99. The molecule has 0 amide bonds. The molecule has 0 radical (unpaired) electrons. The zero-order valence-electron chi connectivity index (χ0n) is 15.5. The minimum Gasteiger partial charge on any atom is -0.473 e. The maximum Gasteiger partial charge on any atom is 0.233 e. The van der Waals surface area contributed by atoms with E-state index in [0.717, 1.165) is 35.1 Å². The lowest BCUT2D eigenvalue weighted by Crippen LogP contribution is -2.35. The molecular weight excluding hydrogens is 342 g/mol. The zero-order chi connectivity index (χ0) is 18.8. The Hall–Kier alpha value is -2.64. The van der Waals surface area contributed by atoms with Gasteiger partial charge in [-0.25, -0.2) is 4.98 Å². The Morgan fingerprint density at radius 2 is 1.85 bits per heavy atom. The quantitative estimate of drug-likeness (QED) is 0.759. The summed E-state index contributed by atoms with van der Waals surface area (Å²) in [5, 5.41) is 9.48. The number of aromatic nitrogens is 4. The van der Waals surface area contributed by atoms with Crippen molar-refractivity contribution in [3.63, 3.8) is 0 Å². The highest BCUT2D eigenvalue weighted by molar-refractivity contribution is 5.80. The largest absolute Gasteiger partial charge is 0.473 e. The van der Waals surface area contributed by atoms with Gasteiger partial charge in [0.25, 0.3) is 0 Å². The van der Waals surface area contributed by atoms with Gasteiger partial charge in [-0.2, -0.15) is 0 Å². The molecule has 4 heterocycles. The highest BCUT2D eigenvalue weighted by Crippen LogP contribution is 2.24. The molecule has 1 unspecified atom stereocenters. The minimum atomic E-state index is 0.102. The van der Waals surface area contributed by atoms with E-state index in [1.807, 2.05) is 30.3 Å². The molecule has 1 saturated heterocycles. The van der Waals surface area contributed by atoms with Crippen molar-refractivity contribution in [2.45, 2.75) is 51.5 Å². The molecule has 0 saturated carbocycles. The molecule has 1 aliphatic rings. The molecule has 1 aliphatic heterocycles. The fourth-order valence-electron chi connectivity index (χ4n) is 3.44. The molecule has 4 rings (SSSR count). The molecule has 2 N–H and O–H groups in total. The minimum absolute atomic E-state index is 0.102. The Labute approximate surface area is 157 Å². The van der Waals surface area contributed by atoms with Gasteiger partial charge in [0, 0.05) is 37.0 Å². The third-order valence-corrected chi connectivity index (χ3v) is 4.68. The lowest BCUT2D eigenvalue weighted by atomic mass is 10.0. The van der Waals surface area contributed by atoms with E-state index in [1.54, 1.807) is 6.20 Å². The molecule has 0 aliphatic carbocycles. The summed E-state index contributed by atoms with van der Waals surface area (Å²) in [6.07, 6.45) is 3.99. The molecule has 0 bridgehead atoms. The third-order valence-electron chi connectivity index (χ3n) is 4.68. The first kappa shape index (κ1) is 17.8. The summed E-state index contributed by atoms with van der Waals surface area (Å²) in [4.78, 5) is 8.95. The number of hydrogen-bond donors (Lipinski definition) is 1. The van der Waals surface area contributed by atoms with Crippen LogP contribution in [-0.4, -0.2) is 38.5 Å². The van der Waals surface area contributed by atoms with Crippen LogP contribution in [0.5, 0.6) is 5.88 Å². The van der Waals surface area contributed by atoms with Crippen LogP contribution >= 0.6 is 0 Å². The number of rotatable bonds is 4. The van der Waals surface area contributed by atoms with E-state index in [0.29, 0.717) is 18.1 Å². The lowest BCUT2D eigenvalue weighted by molar-refractivity contribution is -0.0731. The average molecular weight is 365 g/mol. The highest BCUT2D eigenvalue weighted by atomic mass is 16.5. The van der Waals surface area contributed by atoms with Crippen LogP contribution in [0.4, 0.5) is 0 Å². The molecule has 0 spiro atoms. The predicted molar refractivity (Wildman–Crippen MR) is 102 cm³/mol. The molecule has 1 fully saturated rings. The number of ether oxygens (including phenoxy) is 2. The molecule has 3 aromatic rings. The molecule has 7 nitrogen and oxygen atoms in total. The van der Waals surface area contributed by atoms with Crippen molar-refractivity contribution in [1.29, 1.82) is 0 Å². The van der Waals surface area contributed by atoms with Crippen molar-refractivity contribution < 1.29 is 9.47 Å². The third kappa shape index (κ3) is 4.04. The van der Waals surface area contributed by atoms with E-state index in [4.69, 9.17) is 15.2 Å². The van der Waals surface area contributed by atoms with Crippen LogP contribution in [0.3, 0.4) is 0 Å². The number of hydrogen-bond acceptors (Lipinski definition) is 7. The first-order valence-corrected chi connectivity index (χ1v) is 9.22. The van der Waals surface area contributed by atoms with Crippen LogP contribution in [0.15, 0.2) is 36.5 Å². The van der Waals surface area contributed by atoms with E-state index >= 15 is 0 Å². The maximum atomic E-state index is 5.99. The highest BCUT2D eigenvalue weighted by Gasteiger charge is 2.26. The summed E-state index contributed by atoms with van der Waals surface area (Å²) >= 11 is 0. The van der Waals surface area contributed by atoms with Gasteiger partial charge in [-0.3, -0.25) is 4.98 Å². The first-order valence-electron chi connectivity index (χ1n) is 9.22. The van der Waals surface area contributed by atoms with Gasteiger partial charge in [-0.1, -0.05) is 0 Å². The topological polar surface area (TPSA) is 96.0 Å². The summed E-state index contributed by atoms with van der Waals surface area (Å²) in [6, 6.07) is 9.52. The van der Waals surface area contributed by atoms with Gasteiger partial charge in [0.2, 0.25) is 5.88 Å². The molecule has 3 atom stereocenters. The van der Waals surface area contributed by atoms with Gasteiger partial charge in [-0.15, -0.1) is 10.2 Å². The SMILES string of the molecule is C[C@@H]1CC(Oc2ccc(-c3ccc4cnc(CN)cc4n3)nn2)C[C@H](C)O1.